The van der Waals surface area contributed by atoms with Crippen molar-refractivity contribution in [3.05, 3.63) is 0 Å². The Morgan fingerprint density at radius 2 is 1.94 bits per heavy atom. The minimum Gasteiger partial charge on any atom is -0.480 e. The van der Waals surface area contributed by atoms with Crippen LogP contribution in [0.25, 0.3) is 0 Å². The Balaban J connectivity index is 2.73. The molecule has 0 aromatic rings. The van der Waals surface area contributed by atoms with E-state index in [9.17, 15) is 20.1 Å². The SMILES string of the molecule is CC1(C)SC([C@H](O)[C@@H](O)[C@@H](O)CO)N[C@@H]1C(=O)O. The largest absolute Gasteiger partial charge is 0.480 e. The molecule has 1 aliphatic heterocycles. The Kier molecular flexibility index (Phi) is 4.98. The molecule has 0 amide bonds. The van der Waals surface area contributed by atoms with Crippen LogP contribution < -0.4 is 5.32 Å². The molecular weight excluding hydrogens is 262 g/mol. The molecule has 7 nitrogen and oxygen atoms in total. The van der Waals surface area contributed by atoms with Crippen molar-refractivity contribution in [1.82, 2.24) is 5.32 Å². The van der Waals surface area contributed by atoms with Gasteiger partial charge in [0.05, 0.1) is 12.0 Å². The Bertz CT molecular complexity index is 313. The number of aliphatic carboxylic acids is 1. The van der Waals surface area contributed by atoms with Crippen molar-refractivity contribution in [2.24, 2.45) is 0 Å². The Morgan fingerprint density at radius 1 is 1.39 bits per heavy atom. The van der Waals surface area contributed by atoms with Crippen LogP contribution >= 0.6 is 11.8 Å². The maximum absolute atomic E-state index is 11.0. The summed E-state index contributed by atoms with van der Waals surface area (Å²) in [6.45, 7) is 2.75. The summed E-state index contributed by atoms with van der Waals surface area (Å²) < 4.78 is -0.651. The molecule has 0 radical (unpaired) electrons. The standard InChI is InChI=1S/C10H19NO6S/c1-10(2)7(9(16)17)11-8(18-10)6(15)5(14)4(13)3-12/h4-8,11-15H,3H2,1-2H3,(H,16,17)/t4-,5-,6+,7+,8?/m0/s1. The topological polar surface area (TPSA) is 130 Å². The summed E-state index contributed by atoms with van der Waals surface area (Å²) in [4.78, 5) is 11.0. The first-order valence-corrected chi connectivity index (χ1v) is 6.40. The number of thioether (sulfide) groups is 1. The third kappa shape index (κ3) is 3.14. The van der Waals surface area contributed by atoms with Crippen molar-refractivity contribution in [3.8, 4) is 0 Å². The Hall–Kier alpha value is -0.380. The number of aliphatic hydroxyl groups excluding tert-OH is 4. The summed E-state index contributed by atoms with van der Waals surface area (Å²) >= 11 is 1.17. The average molecular weight is 281 g/mol. The molecular formula is C10H19NO6S. The van der Waals surface area contributed by atoms with Crippen LogP contribution in [0.15, 0.2) is 0 Å². The van der Waals surface area contributed by atoms with Gasteiger partial charge in [0.25, 0.3) is 0 Å². The lowest BCUT2D eigenvalue weighted by molar-refractivity contribution is -0.140. The van der Waals surface area contributed by atoms with E-state index in [2.05, 4.69) is 5.32 Å². The Labute approximate surface area is 109 Å². The van der Waals surface area contributed by atoms with Crippen LogP contribution in [0.1, 0.15) is 13.8 Å². The molecule has 1 rings (SSSR count). The van der Waals surface area contributed by atoms with Crippen LogP contribution in [0, 0.1) is 0 Å². The van der Waals surface area contributed by atoms with Gasteiger partial charge in [-0.3, -0.25) is 10.1 Å². The first-order chi connectivity index (χ1) is 8.20. The highest BCUT2D eigenvalue weighted by Crippen LogP contribution is 2.39. The fourth-order valence-electron chi connectivity index (χ4n) is 1.85. The molecule has 1 aliphatic rings. The molecule has 6 N–H and O–H groups in total. The van der Waals surface area contributed by atoms with Gasteiger partial charge >= 0.3 is 5.97 Å². The summed E-state index contributed by atoms with van der Waals surface area (Å²) in [5.41, 5.74) is 0. The van der Waals surface area contributed by atoms with Crippen LogP contribution in [0.5, 0.6) is 0 Å². The Morgan fingerprint density at radius 3 is 2.33 bits per heavy atom. The molecule has 1 heterocycles. The normalized spacial score (nSPS) is 31.9. The van der Waals surface area contributed by atoms with Gasteiger partial charge in [-0.15, -0.1) is 11.8 Å². The fourth-order valence-corrected chi connectivity index (χ4v) is 3.31. The lowest BCUT2D eigenvalue weighted by Crippen LogP contribution is -2.51. The summed E-state index contributed by atoms with van der Waals surface area (Å²) in [5.74, 6) is -1.04. The van der Waals surface area contributed by atoms with Crippen molar-refractivity contribution < 1.29 is 30.3 Å². The number of aliphatic hydroxyl groups is 4. The van der Waals surface area contributed by atoms with E-state index in [-0.39, 0.29) is 0 Å². The third-order valence-corrected chi connectivity index (χ3v) is 4.46. The maximum Gasteiger partial charge on any atom is 0.322 e. The van der Waals surface area contributed by atoms with Gasteiger partial charge < -0.3 is 25.5 Å². The van der Waals surface area contributed by atoms with Gasteiger partial charge in [0.2, 0.25) is 0 Å². The molecule has 1 fully saturated rings. The molecule has 0 saturated carbocycles. The highest BCUT2D eigenvalue weighted by atomic mass is 32.2. The second-order valence-electron chi connectivity index (χ2n) is 4.81. The van der Waals surface area contributed by atoms with Gasteiger partial charge in [-0.1, -0.05) is 0 Å². The van der Waals surface area contributed by atoms with Crippen molar-refractivity contribution >= 4 is 17.7 Å². The second kappa shape index (κ2) is 5.72. The number of carboxylic acid groups (broad SMARTS) is 1. The molecule has 0 aromatic heterocycles. The van der Waals surface area contributed by atoms with E-state index >= 15 is 0 Å². The molecule has 1 saturated heterocycles. The van der Waals surface area contributed by atoms with Crippen molar-refractivity contribution in [1.29, 1.82) is 0 Å². The van der Waals surface area contributed by atoms with Gasteiger partial charge in [-0.25, -0.2) is 0 Å². The zero-order valence-electron chi connectivity index (χ0n) is 10.1. The second-order valence-corrected chi connectivity index (χ2v) is 6.61. The number of hydrogen-bond donors (Lipinski definition) is 6. The van der Waals surface area contributed by atoms with Crippen molar-refractivity contribution in [2.45, 2.75) is 48.3 Å². The van der Waals surface area contributed by atoms with Crippen LogP contribution in [-0.4, -0.2) is 72.6 Å². The highest BCUT2D eigenvalue weighted by molar-refractivity contribution is 8.01. The zero-order valence-corrected chi connectivity index (χ0v) is 11.0. The maximum atomic E-state index is 11.0. The molecule has 0 aromatic carbocycles. The van der Waals surface area contributed by atoms with E-state index in [4.69, 9.17) is 10.2 Å². The van der Waals surface area contributed by atoms with Crippen LogP contribution in [0.3, 0.4) is 0 Å². The van der Waals surface area contributed by atoms with Crippen molar-refractivity contribution in [3.63, 3.8) is 0 Å². The molecule has 18 heavy (non-hydrogen) atoms. The zero-order chi connectivity index (χ0) is 14.1. The van der Waals surface area contributed by atoms with E-state index in [0.717, 1.165) is 0 Å². The van der Waals surface area contributed by atoms with Crippen LogP contribution in [0.2, 0.25) is 0 Å². The number of carboxylic acids is 1. The van der Waals surface area contributed by atoms with E-state index in [1.807, 2.05) is 0 Å². The van der Waals surface area contributed by atoms with E-state index in [1.165, 1.54) is 11.8 Å². The van der Waals surface area contributed by atoms with E-state index < -0.39 is 47.1 Å². The van der Waals surface area contributed by atoms with Gasteiger partial charge in [-0.05, 0) is 13.8 Å². The lowest BCUT2D eigenvalue weighted by Gasteiger charge is -2.26. The van der Waals surface area contributed by atoms with Gasteiger partial charge in [0.1, 0.15) is 24.4 Å². The predicted octanol–water partition coefficient (Wildman–Crippen LogP) is -2.04. The molecule has 8 heteroatoms. The smallest absolute Gasteiger partial charge is 0.322 e. The summed E-state index contributed by atoms with van der Waals surface area (Å²) in [5, 5.41) is 48.4. The first kappa shape index (κ1) is 15.7. The quantitative estimate of drug-likeness (QED) is 0.340. The summed E-state index contributed by atoms with van der Waals surface area (Å²) in [6, 6.07) is -0.861. The van der Waals surface area contributed by atoms with E-state index in [1.54, 1.807) is 13.8 Å². The molecule has 106 valence electrons. The van der Waals surface area contributed by atoms with Crippen LogP contribution in [0.4, 0.5) is 0 Å². The average Bonchev–Trinajstić information content (AvgIpc) is 2.62. The van der Waals surface area contributed by atoms with Gasteiger partial charge in [-0.2, -0.15) is 0 Å². The predicted molar refractivity (Wildman–Crippen MR) is 65.1 cm³/mol. The van der Waals surface area contributed by atoms with E-state index in [0.29, 0.717) is 0 Å². The number of nitrogens with one attached hydrogen (secondary N) is 1. The molecule has 0 spiro atoms. The van der Waals surface area contributed by atoms with Gasteiger partial charge in [0, 0.05) is 4.75 Å². The monoisotopic (exact) mass is 281 g/mol. The summed E-state index contributed by atoms with van der Waals surface area (Å²) in [7, 11) is 0. The lowest BCUT2D eigenvalue weighted by atomic mass is 10.0. The summed E-state index contributed by atoms with van der Waals surface area (Å²) in [6.07, 6.45) is -4.38. The highest BCUT2D eigenvalue weighted by Gasteiger charge is 2.48. The van der Waals surface area contributed by atoms with Crippen LogP contribution in [-0.2, 0) is 4.79 Å². The third-order valence-electron chi connectivity index (χ3n) is 2.95. The molecule has 5 atom stereocenters. The number of hydrogen-bond acceptors (Lipinski definition) is 7. The molecule has 0 bridgehead atoms. The molecule has 0 aliphatic carbocycles. The molecule has 1 unspecified atom stereocenters. The minimum absolute atomic E-state index is 0.651. The first-order valence-electron chi connectivity index (χ1n) is 5.52. The minimum atomic E-state index is -1.54. The van der Waals surface area contributed by atoms with Crippen molar-refractivity contribution in [2.75, 3.05) is 6.61 Å². The number of rotatable bonds is 5. The number of carbonyl (C=O) groups is 1. The fraction of sp³-hybridized carbons (Fsp3) is 0.900. The van der Waals surface area contributed by atoms with Gasteiger partial charge in [0.15, 0.2) is 0 Å².